The molecule has 2 rings (SSSR count). The van der Waals surface area contributed by atoms with Crippen LogP contribution in [-0.2, 0) is 0 Å². The summed E-state index contributed by atoms with van der Waals surface area (Å²) in [4.78, 5) is 5.37. The minimum Gasteiger partial charge on any atom is -0.362 e. The lowest BCUT2D eigenvalue weighted by Crippen LogP contribution is -2.29. The molecule has 1 aromatic heterocycles. The maximum atomic E-state index is 13.4. The molecule has 0 N–H and O–H groups in total. The van der Waals surface area contributed by atoms with Crippen LogP contribution in [0.5, 0.6) is 0 Å². The van der Waals surface area contributed by atoms with Crippen molar-refractivity contribution in [3.05, 3.63) is 22.7 Å². The van der Waals surface area contributed by atoms with Crippen LogP contribution >= 0.6 is 15.9 Å². The van der Waals surface area contributed by atoms with E-state index >= 15 is 0 Å². The first-order valence-corrected chi connectivity index (χ1v) is 5.65. The number of hydrogen-bond donors (Lipinski definition) is 0. The molecule has 0 unspecified atom stereocenters. The van der Waals surface area contributed by atoms with Gasteiger partial charge >= 0.3 is 0 Å². The number of hydrogen-bond acceptors (Lipinski definition) is 2. The summed E-state index contributed by atoms with van der Waals surface area (Å²) in [6.45, 7) is -0.234. The van der Waals surface area contributed by atoms with E-state index in [1.54, 1.807) is 11.0 Å². The van der Waals surface area contributed by atoms with Crippen LogP contribution < -0.4 is 4.90 Å². The lowest BCUT2D eigenvalue weighted by molar-refractivity contribution is 0.483. The lowest BCUT2D eigenvalue weighted by atomic mass is 10.3. The predicted octanol–water partition coefficient (Wildman–Crippen LogP) is 2.92. The fourth-order valence-corrected chi connectivity index (χ4v) is 1.91. The number of aromatic nitrogens is 1. The Balaban J connectivity index is 2.27. The third kappa shape index (κ3) is 2.45. The van der Waals surface area contributed by atoms with E-state index < -0.39 is 12.6 Å². The van der Waals surface area contributed by atoms with Crippen molar-refractivity contribution in [2.24, 2.45) is 0 Å². The third-order valence-electron chi connectivity index (χ3n) is 2.41. The van der Waals surface area contributed by atoms with Gasteiger partial charge in [-0.15, -0.1) is 0 Å². The molecule has 0 amide bonds. The van der Waals surface area contributed by atoms with Crippen molar-refractivity contribution in [3.63, 3.8) is 0 Å². The van der Waals surface area contributed by atoms with E-state index in [1.165, 1.54) is 6.20 Å². The fourth-order valence-electron chi connectivity index (χ4n) is 1.59. The first-order chi connectivity index (χ1) is 7.22. The first-order valence-electron chi connectivity index (χ1n) is 4.86. The molecule has 1 aromatic rings. The largest absolute Gasteiger partial charge is 0.362 e. The Hall–Kier alpha value is -0.710. The van der Waals surface area contributed by atoms with Gasteiger partial charge < -0.3 is 4.90 Å². The lowest BCUT2D eigenvalue weighted by Gasteiger charge is -2.23. The van der Waals surface area contributed by atoms with E-state index in [-0.39, 0.29) is 12.6 Å². The van der Waals surface area contributed by atoms with Gasteiger partial charge in [0.25, 0.3) is 0 Å². The Morgan fingerprint density at radius 1 is 1.53 bits per heavy atom. The molecular formula is C10H11BrF2N2. The molecule has 0 radical (unpaired) electrons. The number of pyridine rings is 1. The van der Waals surface area contributed by atoms with Gasteiger partial charge in [-0.25, -0.2) is 9.37 Å². The number of nitrogens with zero attached hydrogens (tertiary/aromatic N) is 2. The van der Waals surface area contributed by atoms with E-state index in [2.05, 4.69) is 20.9 Å². The van der Waals surface area contributed by atoms with Gasteiger partial charge in [-0.2, -0.15) is 4.39 Å². The zero-order valence-electron chi connectivity index (χ0n) is 8.09. The summed E-state index contributed by atoms with van der Waals surface area (Å²) in [6, 6.07) is 1.93. The topological polar surface area (TPSA) is 16.1 Å². The van der Waals surface area contributed by atoms with Crippen molar-refractivity contribution in [2.45, 2.75) is 18.9 Å². The van der Waals surface area contributed by atoms with E-state index in [4.69, 9.17) is 0 Å². The molecule has 1 saturated carbocycles. The van der Waals surface area contributed by atoms with Gasteiger partial charge in [-0.05, 0) is 34.8 Å². The van der Waals surface area contributed by atoms with Gasteiger partial charge in [0.05, 0.1) is 5.69 Å². The van der Waals surface area contributed by atoms with Crippen LogP contribution in [0.15, 0.2) is 16.7 Å². The highest BCUT2D eigenvalue weighted by molar-refractivity contribution is 9.10. The van der Waals surface area contributed by atoms with Gasteiger partial charge in [-0.1, -0.05) is 0 Å². The standard InChI is InChI=1S/C10H11BrF2N2/c11-7-5-9(10(13)14-6-7)15(4-3-12)8-1-2-8/h5-6,8H,1-4H2. The normalized spacial score (nSPS) is 15.4. The summed E-state index contributed by atoms with van der Waals surface area (Å²) < 4.78 is 26.5. The highest BCUT2D eigenvalue weighted by atomic mass is 79.9. The third-order valence-corrected chi connectivity index (χ3v) is 2.84. The zero-order valence-corrected chi connectivity index (χ0v) is 9.67. The van der Waals surface area contributed by atoms with Gasteiger partial charge in [0, 0.05) is 23.3 Å². The molecule has 0 atom stereocenters. The van der Waals surface area contributed by atoms with Crippen LogP contribution in [0.25, 0.3) is 0 Å². The second kappa shape index (κ2) is 4.43. The van der Waals surface area contributed by atoms with E-state index in [1.807, 2.05) is 0 Å². The van der Waals surface area contributed by atoms with E-state index in [9.17, 15) is 8.78 Å². The van der Waals surface area contributed by atoms with Crippen molar-refractivity contribution < 1.29 is 8.78 Å². The van der Waals surface area contributed by atoms with Crippen molar-refractivity contribution in [2.75, 3.05) is 18.1 Å². The molecule has 5 heteroatoms. The molecule has 1 heterocycles. The Morgan fingerprint density at radius 2 is 2.27 bits per heavy atom. The monoisotopic (exact) mass is 276 g/mol. The maximum Gasteiger partial charge on any atom is 0.236 e. The molecule has 1 fully saturated rings. The van der Waals surface area contributed by atoms with Gasteiger partial charge in [0.15, 0.2) is 0 Å². The molecule has 0 saturated heterocycles. The fraction of sp³-hybridized carbons (Fsp3) is 0.500. The average molecular weight is 277 g/mol. The zero-order chi connectivity index (χ0) is 10.8. The highest BCUT2D eigenvalue weighted by Crippen LogP contribution is 2.33. The van der Waals surface area contributed by atoms with Crippen LogP contribution in [0.1, 0.15) is 12.8 Å². The number of rotatable bonds is 4. The summed E-state index contributed by atoms with van der Waals surface area (Å²) in [5.74, 6) is -0.529. The summed E-state index contributed by atoms with van der Waals surface area (Å²) in [5.41, 5.74) is 0.393. The van der Waals surface area contributed by atoms with Crippen molar-refractivity contribution >= 4 is 21.6 Å². The Kier molecular flexibility index (Phi) is 3.19. The summed E-state index contributed by atoms with van der Waals surface area (Å²) in [7, 11) is 0. The summed E-state index contributed by atoms with van der Waals surface area (Å²) >= 11 is 3.24. The Bertz CT molecular complexity index is 355. The molecule has 2 nitrogen and oxygen atoms in total. The molecular weight excluding hydrogens is 266 g/mol. The molecule has 82 valence electrons. The van der Waals surface area contributed by atoms with Gasteiger partial charge in [0.2, 0.25) is 5.95 Å². The Morgan fingerprint density at radius 3 is 2.87 bits per heavy atom. The van der Waals surface area contributed by atoms with E-state index in [0.717, 1.165) is 12.8 Å². The second-order valence-corrected chi connectivity index (χ2v) is 4.49. The molecule has 0 aromatic carbocycles. The van der Waals surface area contributed by atoms with Crippen molar-refractivity contribution in [1.82, 2.24) is 4.98 Å². The predicted molar refractivity (Wildman–Crippen MR) is 58.2 cm³/mol. The van der Waals surface area contributed by atoms with Crippen LogP contribution in [0.3, 0.4) is 0 Å². The SMILES string of the molecule is FCCN(c1cc(Br)cnc1F)C1CC1. The summed E-state index contributed by atoms with van der Waals surface area (Å²) in [5, 5.41) is 0. The minimum absolute atomic E-state index is 0.236. The molecule has 0 aliphatic heterocycles. The van der Waals surface area contributed by atoms with Crippen LogP contribution in [0, 0.1) is 5.95 Å². The van der Waals surface area contributed by atoms with Crippen LogP contribution in [-0.4, -0.2) is 24.2 Å². The highest BCUT2D eigenvalue weighted by Gasteiger charge is 2.30. The summed E-state index contributed by atoms with van der Waals surface area (Å²) in [6.07, 6.45) is 3.41. The second-order valence-electron chi connectivity index (χ2n) is 3.58. The number of halogens is 3. The van der Waals surface area contributed by atoms with Gasteiger partial charge in [0.1, 0.15) is 6.67 Å². The average Bonchev–Trinajstić information content (AvgIpc) is 3.02. The van der Waals surface area contributed by atoms with Crippen molar-refractivity contribution in [3.8, 4) is 0 Å². The molecule has 0 bridgehead atoms. The molecule has 1 aliphatic carbocycles. The smallest absolute Gasteiger partial charge is 0.236 e. The minimum atomic E-state index is -0.529. The molecule has 1 aliphatic rings. The quantitative estimate of drug-likeness (QED) is 0.787. The number of anilines is 1. The van der Waals surface area contributed by atoms with Crippen molar-refractivity contribution in [1.29, 1.82) is 0 Å². The maximum absolute atomic E-state index is 13.4. The first kappa shape index (κ1) is 10.8. The van der Waals surface area contributed by atoms with Crippen LogP contribution in [0.2, 0.25) is 0 Å². The van der Waals surface area contributed by atoms with E-state index in [0.29, 0.717) is 10.2 Å². The van der Waals surface area contributed by atoms with Crippen LogP contribution in [0.4, 0.5) is 14.5 Å². The molecule has 0 spiro atoms. The van der Waals surface area contributed by atoms with Gasteiger partial charge in [-0.3, -0.25) is 0 Å². The molecule has 15 heavy (non-hydrogen) atoms. The number of alkyl halides is 1. The Labute approximate surface area is 95.4 Å².